The number of aryl methyl sites for hydroxylation is 1. The van der Waals surface area contributed by atoms with E-state index in [1.54, 1.807) is 18.2 Å². The molecule has 2 aromatic carbocycles. The van der Waals surface area contributed by atoms with E-state index in [0.29, 0.717) is 31.1 Å². The van der Waals surface area contributed by atoms with Gasteiger partial charge in [-0.1, -0.05) is 6.92 Å². The summed E-state index contributed by atoms with van der Waals surface area (Å²) in [5, 5.41) is 9.44. The van der Waals surface area contributed by atoms with Crippen molar-refractivity contribution in [2.45, 2.75) is 26.1 Å². The fraction of sp³-hybridized carbons (Fsp3) is 0.333. The minimum Gasteiger partial charge on any atom is -0.508 e. The summed E-state index contributed by atoms with van der Waals surface area (Å²) in [5.41, 5.74) is 0.918. The molecule has 4 nitrogen and oxygen atoms in total. The van der Waals surface area contributed by atoms with Crippen LogP contribution in [-0.2, 0) is 6.42 Å². The SMILES string of the molecule is CCc1cc(O)ccc1OCCCOc1ccc(OC(F)(F)F)cc1. The average molecular weight is 356 g/mol. The Bertz CT molecular complexity index is 669. The number of rotatable bonds is 8. The molecular weight excluding hydrogens is 337 g/mol. The van der Waals surface area contributed by atoms with Crippen LogP contribution in [0, 0.1) is 0 Å². The van der Waals surface area contributed by atoms with Gasteiger partial charge in [-0.25, -0.2) is 0 Å². The molecule has 0 saturated carbocycles. The minimum absolute atomic E-state index is 0.200. The lowest BCUT2D eigenvalue weighted by Crippen LogP contribution is -2.17. The Labute approximate surface area is 143 Å². The molecule has 0 aromatic heterocycles. The molecule has 0 unspecified atom stereocenters. The van der Waals surface area contributed by atoms with Gasteiger partial charge in [-0.05, 0) is 54.4 Å². The number of phenols is 1. The summed E-state index contributed by atoms with van der Waals surface area (Å²) >= 11 is 0. The third kappa shape index (κ3) is 6.45. The average Bonchev–Trinajstić information content (AvgIpc) is 2.55. The van der Waals surface area contributed by atoms with Gasteiger partial charge in [-0.3, -0.25) is 0 Å². The normalized spacial score (nSPS) is 11.2. The van der Waals surface area contributed by atoms with E-state index < -0.39 is 6.36 Å². The standard InChI is InChI=1S/C18H19F3O4/c1-2-13-12-14(22)4-9-17(13)24-11-3-10-23-15-5-7-16(8-6-15)25-18(19,20)21/h4-9,12,22H,2-3,10-11H2,1H3. The molecule has 0 aliphatic rings. The van der Waals surface area contributed by atoms with Gasteiger partial charge < -0.3 is 19.3 Å². The fourth-order valence-electron chi connectivity index (χ4n) is 2.15. The monoisotopic (exact) mass is 356 g/mol. The Morgan fingerprint density at radius 1 is 0.920 bits per heavy atom. The van der Waals surface area contributed by atoms with Crippen LogP contribution < -0.4 is 14.2 Å². The maximum absolute atomic E-state index is 12.1. The van der Waals surface area contributed by atoms with Crippen LogP contribution >= 0.6 is 0 Å². The van der Waals surface area contributed by atoms with Gasteiger partial charge >= 0.3 is 6.36 Å². The van der Waals surface area contributed by atoms with Gasteiger partial charge in [0.25, 0.3) is 0 Å². The van der Waals surface area contributed by atoms with Crippen molar-refractivity contribution >= 4 is 0 Å². The molecule has 7 heteroatoms. The molecule has 0 amide bonds. The lowest BCUT2D eigenvalue weighted by atomic mass is 10.1. The summed E-state index contributed by atoms with van der Waals surface area (Å²) in [4.78, 5) is 0. The van der Waals surface area contributed by atoms with Crippen molar-refractivity contribution < 1.29 is 32.5 Å². The summed E-state index contributed by atoms with van der Waals surface area (Å²) in [6.07, 6.45) is -3.36. The van der Waals surface area contributed by atoms with E-state index in [0.717, 1.165) is 12.0 Å². The van der Waals surface area contributed by atoms with Crippen molar-refractivity contribution in [3.8, 4) is 23.0 Å². The van der Waals surface area contributed by atoms with E-state index in [-0.39, 0.29) is 11.5 Å². The van der Waals surface area contributed by atoms with E-state index in [4.69, 9.17) is 9.47 Å². The van der Waals surface area contributed by atoms with Crippen LogP contribution in [0.4, 0.5) is 13.2 Å². The van der Waals surface area contributed by atoms with Crippen LogP contribution in [0.15, 0.2) is 42.5 Å². The highest BCUT2D eigenvalue weighted by atomic mass is 19.4. The highest BCUT2D eigenvalue weighted by molar-refractivity contribution is 5.39. The molecule has 0 bridgehead atoms. The maximum Gasteiger partial charge on any atom is 0.573 e. The Morgan fingerprint density at radius 3 is 2.20 bits per heavy atom. The molecule has 0 spiro atoms. The van der Waals surface area contributed by atoms with Crippen LogP contribution in [0.3, 0.4) is 0 Å². The van der Waals surface area contributed by atoms with Gasteiger partial charge in [-0.2, -0.15) is 0 Å². The summed E-state index contributed by atoms with van der Waals surface area (Å²) < 4.78 is 51.1. The summed E-state index contributed by atoms with van der Waals surface area (Å²) in [5.74, 6) is 1.08. The predicted molar refractivity (Wildman–Crippen MR) is 86.2 cm³/mol. The van der Waals surface area contributed by atoms with Gasteiger partial charge in [0.1, 0.15) is 23.0 Å². The zero-order valence-electron chi connectivity index (χ0n) is 13.7. The second-order valence-electron chi connectivity index (χ2n) is 5.22. The minimum atomic E-state index is -4.70. The first kappa shape index (κ1) is 18.8. The number of phenolic OH excluding ortho intramolecular Hbond substituents is 1. The Kier molecular flexibility index (Phi) is 6.38. The zero-order chi connectivity index (χ0) is 18.3. The number of hydrogen-bond donors (Lipinski definition) is 1. The smallest absolute Gasteiger partial charge is 0.508 e. The first-order chi connectivity index (χ1) is 11.9. The summed E-state index contributed by atoms with van der Waals surface area (Å²) in [6.45, 7) is 2.75. The van der Waals surface area contributed by atoms with Gasteiger partial charge in [-0.15, -0.1) is 13.2 Å². The number of benzene rings is 2. The zero-order valence-corrected chi connectivity index (χ0v) is 13.7. The second-order valence-corrected chi connectivity index (χ2v) is 5.22. The van der Waals surface area contributed by atoms with Gasteiger partial charge in [0, 0.05) is 6.42 Å². The molecule has 2 rings (SSSR count). The second kappa shape index (κ2) is 8.50. The van der Waals surface area contributed by atoms with Gasteiger partial charge in [0.05, 0.1) is 13.2 Å². The Morgan fingerprint density at radius 2 is 1.56 bits per heavy atom. The van der Waals surface area contributed by atoms with E-state index in [9.17, 15) is 18.3 Å². The first-order valence-electron chi connectivity index (χ1n) is 7.80. The number of ether oxygens (including phenoxy) is 3. The van der Waals surface area contributed by atoms with E-state index >= 15 is 0 Å². The molecule has 136 valence electrons. The molecule has 0 saturated heterocycles. The largest absolute Gasteiger partial charge is 0.573 e. The third-order valence-corrected chi connectivity index (χ3v) is 3.30. The number of hydrogen-bond acceptors (Lipinski definition) is 4. The number of alkyl halides is 3. The number of aromatic hydroxyl groups is 1. The molecular formula is C18H19F3O4. The van der Waals surface area contributed by atoms with Crippen molar-refractivity contribution in [2.75, 3.05) is 13.2 Å². The van der Waals surface area contributed by atoms with E-state index in [1.165, 1.54) is 24.3 Å². The quantitative estimate of drug-likeness (QED) is 0.697. The molecule has 25 heavy (non-hydrogen) atoms. The lowest BCUT2D eigenvalue weighted by Gasteiger charge is -2.12. The highest BCUT2D eigenvalue weighted by Crippen LogP contribution is 2.25. The molecule has 0 radical (unpaired) electrons. The van der Waals surface area contributed by atoms with Crippen molar-refractivity contribution in [3.05, 3.63) is 48.0 Å². The van der Waals surface area contributed by atoms with Crippen molar-refractivity contribution in [2.24, 2.45) is 0 Å². The molecule has 2 aromatic rings. The molecule has 1 N–H and O–H groups in total. The third-order valence-electron chi connectivity index (χ3n) is 3.30. The lowest BCUT2D eigenvalue weighted by molar-refractivity contribution is -0.274. The van der Waals surface area contributed by atoms with Crippen LogP contribution in [0.5, 0.6) is 23.0 Å². The molecule has 0 aliphatic carbocycles. The van der Waals surface area contributed by atoms with Gasteiger partial charge in [0.15, 0.2) is 0 Å². The fourth-order valence-corrected chi connectivity index (χ4v) is 2.15. The summed E-state index contributed by atoms with van der Waals surface area (Å²) in [6, 6.07) is 10.2. The predicted octanol–water partition coefficient (Wildman–Crippen LogP) is 4.70. The van der Waals surface area contributed by atoms with Crippen molar-refractivity contribution in [1.29, 1.82) is 0 Å². The molecule has 0 heterocycles. The molecule has 0 aliphatic heterocycles. The molecule has 0 atom stereocenters. The van der Waals surface area contributed by atoms with Crippen LogP contribution in [-0.4, -0.2) is 24.7 Å². The first-order valence-corrected chi connectivity index (χ1v) is 7.80. The van der Waals surface area contributed by atoms with Gasteiger partial charge in [0.2, 0.25) is 0 Å². The number of halogens is 3. The molecule has 0 fully saturated rings. The Balaban J connectivity index is 1.73. The van der Waals surface area contributed by atoms with E-state index in [2.05, 4.69) is 4.74 Å². The van der Waals surface area contributed by atoms with Crippen molar-refractivity contribution in [3.63, 3.8) is 0 Å². The maximum atomic E-state index is 12.1. The van der Waals surface area contributed by atoms with Crippen LogP contribution in [0.2, 0.25) is 0 Å². The van der Waals surface area contributed by atoms with E-state index in [1.807, 2.05) is 6.92 Å². The highest BCUT2D eigenvalue weighted by Gasteiger charge is 2.30. The topological polar surface area (TPSA) is 47.9 Å². The van der Waals surface area contributed by atoms with Crippen molar-refractivity contribution in [1.82, 2.24) is 0 Å². The Hall–Kier alpha value is -2.57. The van der Waals surface area contributed by atoms with Crippen LogP contribution in [0.1, 0.15) is 18.9 Å². The summed E-state index contributed by atoms with van der Waals surface area (Å²) in [7, 11) is 0. The van der Waals surface area contributed by atoms with Crippen LogP contribution in [0.25, 0.3) is 0 Å².